The first-order valence-corrected chi connectivity index (χ1v) is 14.4. The molecule has 0 saturated heterocycles. The molecule has 0 spiro atoms. The first-order chi connectivity index (χ1) is 18.5. The highest BCUT2D eigenvalue weighted by Gasteiger charge is 2.33. The fourth-order valence-corrected chi connectivity index (χ4v) is 5.27. The standard InChI is InChI=1S/C30H48N4O5/c1-19(2)29(38)25(14-15-31)34-30(39)23(20(3)35)17-27(36)26(16-21-10-6-4-7-11-21)33-28(37)18-24(32)22-12-8-5-9-13-22/h4,6-7,10-11,19-20,22-26,35H,5,8-9,12-18,31-32H2,1-3H3,(H,33,37)(H,34,39)/t20?,23-,24?,25-,26-/m0/s1. The maximum absolute atomic E-state index is 13.5. The molecule has 9 nitrogen and oxygen atoms in total. The lowest BCUT2D eigenvalue weighted by atomic mass is 9.83. The van der Waals surface area contributed by atoms with E-state index in [0.717, 1.165) is 31.2 Å². The number of aliphatic hydroxyl groups is 1. The Hall–Kier alpha value is -2.62. The van der Waals surface area contributed by atoms with Crippen LogP contribution in [-0.4, -0.2) is 59.3 Å². The number of carbonyl (C=O) groups is 4. The van der Waals surface area contributed by atoms with Crippen molar-refractivity contribution in [2.24, 2.45) is 29.2 Å². The highest BCUT2D eigenvalue weighted by atomic mass is 16.3. The summed E-state index contributed by atoms with van der Waals surface area (Å²) in [5.41, 5.74) is 12.9. The summed E-state index contributed by atoms with van der Waals surface area (Å²) in [5, 5.41) is 16.0. The van der Waals surface area contributed by atoms with Crippen LogP contribution >= 0.6 is 0 Å². The molecule has 1 aliphatic carbocycles. The van der Waals surface area contributed by atoms with E-state index in [1.807, 2.05) is 30.3 Å². The van der Waals surface area contributed by atoms with Gasteiger partial charge in [0.1, 0.15) is 0 Å². The van der Waals surface area contributed by atoms with Crippen molar-refractivity contribution in [2.75, 3.05) is 6.54 Å². The molecule has 218 valence electrons. The number of rotatable bonds is 16. The number of Topliss-reactive ketones (excluding diaryl/α,β-unsaturated/α-hetero) is 2. The molecular weight excluding hydrogens is 496 g/mol. The second kappa shape index (κ2) is 16.5. The molecule has 0 radical (unpaired) electrons. The van der Waals surface area contributed by atoms with Crippen LogP contribution in [-0.2, 0) is 25.6 Å². The molecule has 0 aromatic heterocycles. The minimum Gasteiger partial charge on any atom is -0.393 e. The number of nitrogens with one attached hydrogen (secondary N) is 2. The van der Waals surface area contributed by atoms with E-state index < -0.39 is 30.0 Å². The molecule has 0 heterocycles. The first-order valence-electron chi connectivity index (χ1n) is 14.4. The van der Waals surface area contributed by atoms with E-state index in [2.05, 4.69) is 10.6 Å². The van der Waals surface area contributed by atoms with E-state index in [1.165, 1.54) is 13.3 Å². The van der Waals surface area contributed by atoms with Crippen molar-refractivity contribution >= 4 is 23.4 Å². The SMILES string of the molecule is CC(C)C(=O)[C@H](CCN)NC(=O)[C@@H](CC(=O)[C@H](Cc1ccccc1)NC(=O)CC(N)C1CCCCC1)C(C)O. The Morgan fingerprint density at radius 3 is 2.15 bits per heavy atom. The molecule has 1 fully saturated rings. The van der Waals surface area contributed by atoms with Gasteiger partial charge in [0.15, 0.2) is 11.6 Å². The third-order valence-corrected chi connectivity index (χ3v) is 7.71. The number of nitrogens with two attached hydrogens (primary N) is 2. The molecule has 1 saturated carbocycles. The molecule has 1 aromatic carbocycles. The Morgan fingerprint density at radius 2 is 1.59 bits per heavy atom. The fraction of sp³-hybridized carbons (Fsp3) is 0.667. The Labute approximate surface area is 232 Å². The number of carbonyl (C=O) groups excluding carboxylic acids is 4. The highest BCUT2D eigenvalue weighted by molar-refractivity contribution is 5.95. The Kier molecular flexibility index (Phi) is 13.8. The summed E-state index contributed by atoms with van der Waals surface area (Å²) in [7, 11) is 0. The van der Waals surface area contributed by atoms with Crippen LogP contribution in [0.4, 0.5) is 0 Å². The van der Waals surface area contributed by atoms with E-state index in [0.29, 0.717) is 5.92 Å². The van der Waals surface area contributed by atoms with Crippen LogP contribution in [0, 0.1) is 17.8 Å². The topological polar surface area (TPSA) is 165 Å². The number of hydrogen-bond acceptors (Lipinski definition) is 7. The average molecular weight is 545 g/mol. The number of aliphatic hydroxyl groups excluding tert-OH is 1. The van der Waals surface area contributed by atoms with Crippen molar-refractivity contribution in [3.8, 4) is 0 Å². The molecule has 5 atom stereocenters. The summed E-state index contributed by atoms with van der Waals surface area (Å²) in [6.07, 6.45) is 4.65. The van der Waals surface area contributed by atoms with Gasteiger partial charge in [0, 0.05) is 24.8 Å². The van der Waals surface area contributed by atoms with Gasteiger partial charge in [-0.15, -0.1) is 0 Å². The van der Waals surface area contributed by atoms with Gasteiger partial charge in [-0.05, 0) is 50.6 Å². The minimum atomic E-state index is -1.14. The number of amides is 2. The van der Waals surface area contributed by atoms with Crippen molar-refractivity contribution in [1.29, 1.82) is 0 Å². The van der Waals surface area contributed by atoms with Crippen molar-refractivity contribution in [3.05, 3.63) is 35.9 Å². The lowest BCUT2D eigenvalue weighted by molar-refractivity contribution is -0.137. The van der Waals surface area contributed by atoms with Crippen molar-refractivity contribution < 1.29 is 24.3 Å². The Morgan fingerprint density at radius 1 is 0.949 bits per heavy atom. The normalized spacial score (nSPS) is 18.0. The molecule has 0 bridgehead atoms. The molecule has 1 aromatic rings. The van der Waals surface area contributed by atoms with Gasteiger partial charge in [-0.3, -0.25) is 19.2 Å². The van der Waals surface area contributed by atoms with Crippen LogP contribution in [0.3, 0.4) is 0 Å². The number of benzene rings is 1. The second-order valence-electron chi connectivity index (χ2n) is 11.3. The van der Waals surface area contributed by atoms with Crippen LogP contribution in [0.25, 0.3) is 0 Å². The first kappa shape index (κ1) is 32.6. The zero-order valence-electron chi connectivity index (χ0n) is 23.7. The fourth-order valence-electron chi connectivity index (χ4n) is 5.27. The molecule has 1 aliphatic rings. The summed E-state index contributed by atoms with van der Waals surface area (Å²) in [4.78, 5) is 52.2. The smallest absolute Gasteiger partial charge is 0.226 e. The molecule has 9 heteroatoms. The van der Waals surface area contributed by atoms with E-state index in [9.17, 15) is 24.3 Å². The van der Waals surface area contributed by atoms with E-state index >= 15 is 0 Å². The van der Waals surface area contributed by atoms with Crippen LogP contribution in [0.1, 0.15) is 77.7 Å². The van der Waals surface area contributed by atoms with Crippen molar-refractivity contribution in [2.45, 2.75) is 103 Å². The van der Waals surface area contributed by atoms with Crippen LogP contribution < -0.4 is 22.1 Å². The zero-order chi connectivity index (χ0) is 28.9. The van der Waals surface area contributed by atoms with Gasteiger partial charge < -0.3 is 27.2 Å². The third kappa shape index (κ3) is 10.8. The number of hydrogen-bond donors (Lipinski definition) is 5. The number of ketones is 2. The van der Waals surface area contributed by atoms with Gasteiger partial charge in [0.2, 0.25) is 11.8 Å². The largest absolute Gasteiger partial charge is 0.393 e. The van der Waals surface area contributed by atoms with E-state index in [-0.39, 0.29) is 61.7 Å². The van der Waals surface area contributed by atoms with Gasteiger partial charge in [-0.2, -0.15) is 0 Å². The lowest BCUT2D eigenvalue weighted by Gasteiger charge is -2.28. The molecular formula is C30H48N4O5. The Bertz CT molecular complexity index is 931. The molecule has 2 amide bonds. The van der Waals surface area contributed by atoms with E-state index in [4.69, 9.17) is 11.5 Å². The summed E-state index contributed by atoms with van der Waals surface area (Å²) < 4.78 is 0. The predicted octanol–water partition coefficient (Wildman–Crippen LogP) is 2.03. The van der Waals surface area contributed by atoms with Gasteiger partial charge in [-0.25, -0.2) is 0 Å². The summed E-state index contributed by atoms with van der Waals surface area (Å²) in [5.74, 6) is -2.51. The lowest BCUT2D eigenvalue weighted by Crippen LogP contribution is -2.50. The monoisotopic (exact) mass is 544 g/mol. The molecule has 0 aliphatic heterocycles. The van der Waals surface area contributed by atoms with Crippen molar-refractivity contribution in [3.63, 3.8) is 0 Å². The van der Waals surface area contributed by atoms with Crippen LogP contribution in [0.15, 0.2) is 30.3 Å². The molecule has 7 N–H and O–H groups in total. The summed E-state index contributed by atoms with van der Waals surface area (Å²) >= 11 is 0. The van der Waals surface area contributed by atoms with Crippen LogP contribution in [0.5, 0.6) is 0 Å². The van der Waals surface area contributed by atoms with Gasteiger partial charge >= 0.3 is 0 Å². The molecule has 2 rings (SSSR count). The predicted molar refractivity (Wildman–Crippen MR) is 151 cm³/mol. The zero-order valence-corrected chi connectivity index (χ0v) is 23.7. The summed E-state index contributed by atoms with van der Waals surface area (Å²) in [6, 6.07) is 7.37. The molecule has 2 unspecified atom stereocenters. The van der Waals surface area contributed by atoms with Crippen LogP contribution in [0.2, 0.25) is 0 Å². The Balaban J connectivity index is 2.14. The third-order valence-electron chi connectivity index (χ3n) is 7.71. The molecule has 39 heavy (non-hydrogen) atoms. The van der Waals surface area contributed by atoms with Gasteiger partial charge in [0.25, 0.3) is 0 Å². The maximum atomic E-state index is 13.5. The minimum absolute atomic E-state index is 0.127. The van der Waals surface area contributed by atoms with E-state index in [1.54, 1.807) is 13.8 Å². The summed E-state index contributed by atoms with van der Waals surface area (Å²) in [6.45, 7) is 5.12. The maximum Gasteiger partial charge on any atom is 0.226 e. The average Bonchev–Trinajstić information content (AvgIpc) is 2.91. The highest BCUT2D eigenvalue weighted by Crippen LogP contribution is 2.27. The van der Waals surface area contributed by atoms with Gasteiger partial charge in [0.05, 0.1) is 24.1 Å². The quantitative estimate of drug-likeness (QED) is 0.212. The second-order valence-corrected chi connectivity index (χ2v) is 11.3. The van der Waals surface area contributed by atoms with Crippen molar-refractivity contribution in [1.82, 2.24) is 10.6 Å². The van der Waals surface area contributed by atoms with Gasteiger partial charge in [-0.1, -0.05) is 63.4 Å².